The molecular weight excluding hydrogens is 320 g/mol. The van der Waals surface area contributed by atoms with E-state index in [9.17, 15) is 4.79 Å². The number of furan rings is 1. The lowest BCUT2D eigenvalue weighted by atomic mass is 9.98. The highest BCUT2D eigenvalue weighted by molar-refractivity contribution is 5.84. The fourth-order valence-electron chi connectivity index (χ4n) is 3.92. The molecule has 1 atom stereocenters. The Morgan fingerprint density at radius 2 is 2.16 bits per heavy atom. The fourth-order valence-corrected chi connectivity index (χ4v) is 3.92. The number of amides is 1. The lowest BCUT2D eigenvalue weighted by Gasteiger charge is -2.35. The minimum absolute atomic E-state index is 0.0958. The van der Waals surface area contributed by atoms with Crippen molar-refractivity contribution in [3.05, 3.63) is 35.3 Å². The van der Waals surface area contributed by atoms with E-state index in [4.69, 9.17) is 9.15 Å². The van der Waals surface area contributed by atoms with E-state index < -0.39 is 5.54 Å². The smallest absolute Gasteiger partial charge is 0.248 e. The van der Waals surface area contributed by atoms with Gasteiger partial charge in [0.25, 0.3) is 0 Å². The van der Waals surface area contributed by atoms with E-state index in [1.165, 1.54) is 12.8 Å². The summed E-state index contributed by atoms with van der Waals surface area (Å²) < 4.78 is 13.2. The molecule has 4 rings (SSSR count). The zero-order chi connectivity index (χ0) is 17.4. The average molecular weight is 344 g/mol. The Labute approximate surface area is 146 Å². The molecule has 0 aromatic carbocycles. The predicted molar refractivity (Wildman–Crippen MR) is 89.8 cm³/mol. The van der Waals surface area contributed by atoms with Crippen molar-refractivity contribution in [2.45, 2.75) is 64.1 Å². The predicted octanol–water partition coefficient (Wildman–Crippen LogP) is 2.40. The van der Waals surface area contributed by atoms with Gasteiger partial charge >= 0.3 is 0 Å². The van der Waals surface area contributed by atoms with Gasteiger partial charge in [-0.2, -0.15) is 0 Å². The molecule has 1 unspecified atom stereocenters. The summed E-state index contributed by atoms with van der Waals surface area (Å²) in [5, 5.41) is 11.7. The summed E-state index contributed by atoms with van der Waals surface area (Å²) in [4.78, 5) is 13.0. The topological polar surface area (TPSA) is 82.2 Å². The second-order valence-electron chi connectivity index (χ2n) is 7.25. The van der Waals surface area contributed by atoms with Gasteiger partial charge in [0.2, 0.25) is 5.91 Å². The highest BCUT2D eigenvalue weighted by atomic mass is 16.5. The molecule has 3 heterocycles. The molecular formula is C18H24N4O3. The van der Waals surface area contributed by atoms with Crippen molar-refractivity contribution in [3.8, 4) is 0 Å². The molecule has 0 saturated heterocycles. The van der Waals surface area contributed by atoms with Crippen molar-refractivity contribution >= 4 is 5.91 Å². The van der Waals surface area contributed by atoms with Gasteiger partial charge in [-0.1, -0.05) is 12.8 Å². The number of carbonyl (C=O) groups is 1. The summed E-state index contributed by atoms with van der Waals surface area (Å²) in [6.45, 7) is 4.87. The molecule has 1 aliphatic heterocycles. The third-order valence-corrected chi connectivity index (χ3v) is 5.29. The zero-order valence-corrected chi connectivity index (χ0v) is 14.7. The number of hydrogen-bond acceptors (Lipinski definition) is 5. The van der Waals surface area contributed by atoms with E-state index >= 15 is 0 Å². The molecule has 2 aromatic rings. The molecule has 0 bridgehead atoms. The molecule has 1 N–H and O–H groups in total. The van der Waals surface area contributed by atoms with E-state index in [0.29, 0.717) is 25.7 Å². The SMILES string of the molecule is Cc1ccc(CNC(=O)C2(C)COCc3nnc(C4CCCC4)n32)o1. The molecule has 1 fully saturated rings. The Kier molecular flexibility index (Phi) is 4.11. The molecule has 2 aromatic heterocycles. The van der Waals surface area contributed by atoms with Gasteiger partial charge in [0.05, 0.1) is 13.2 Å². The lowest BCUT2D eigenvalue weighted by Crippen LogP contribution is -2.53. The fraction of sp³-hybridized carbons (Fsp3) is 0.611. The van der Waals surface area contributed by atoms with Gasteiger partial charge in [0, 0.05) is 5.92 Å². The Bertz CT molecular complexity index is 775. The number of ether oxygens (including phenoxy) is 1. The normalized spacial score (nSPS) is 23.6. The molecule has 7 nitrogen and oxygen atoms in total. The monoisotopic (exact) mass is 344 g/mol. The summed E-state index contributed by atoms with van der Waals surface area (Å²) in [6, 6.07) is 3.77. The first-order valence-corrected chi connectivity index (χ1v) is 8.94. The van der Waals surface area contributed by atoms with Crippen LogP contribution >= 0.6 is 0 Å². The first kappa shape index (κ1) is 16.3. The van der Waals surface area contributed by atoms with Crippen molar-refractivity contribution in [3.63, 3.8) is 0 Å². The first-order chi connectivity index (χ1) is 12.1. The van der Waals surface area contributed by atoms with Crippen molar-refractivity contribution in [1.29, 1.82) is 0 Å². The molecule has 1 aliphatic carbocycles. The maximum absolute atomic E-state index is 13.0. The van der Waals surface area contributed by atoms with Gasteiger partial charge in [-0.3, -0.25) is 9.36 Å². The number of nitrogens with zero attached hydrogens (tertiary/aromatic N) is 3. The number of hydrogen-bond donors (Lipinski definition) is 1. The van der Waals surface area contributed by atoms with Crippen LogP contribution in [0.25, 0.3) is 0 Å². The maximum atomic E-state index is 13.0. The van der Waals surface area contributed by atoms with Gasteiger partial charge in [-0.05, 0) is 38.8 Å². The Hall–Kier alpha value is -2.15. The van der Waals surface area contributed by atoms with E-state index in [0.717, 1.165) is 36.0 Å². The number of fused-ring (bicyclic) bond motifs is 1. The molecule has 0 radical (unpaired) electrons. The van der Waals surface area contributed by atoms with E-state index in [2.05, 4.69) is 15.5 Å². The molecule has 0 spiro atoms. The van der Waals surface area contributed by atoms with E-state index in [1.807, 2.05) is 30.5 Å². The molecule has 2 aliphatic rings. The summed E-state index contributed by atoms with van der Waals surface area (Å²) in [5.74, 6) is 3.54. The number of aryl methyl sites for hydroxylation is 1. The van der Waals surface area contributed by atoms with Gasteiger partial charge in [-0.15, -0.1) is 10.2 Å². The molecule has 25 heavy (non-hydrogen) atoms. The third-order valence-electron chi connectivity index (χ3n) is 5.29. The number of nitrogens with one attached hydrogen (secondary N) is 1. The van der Waals surface area contributed by atoms with Gasteiger partial charge < -0.3 is 14.5 Å². The molecule has 1 amide bonds. The van der Waals surface area contributed by atoms with Crippen LogP contribution in [-0.2, 0) is 28.2 Å². The third kappa shape index (κ3) is 2.86. The zero-order valence-electron chi connectivity index (χ0n) is 14.7. The highest BCUT2D eigenvalue weighted by Gasteiger charge is 2.43. The molecule has 7 heteroatoms. The van der Waals surface area contributed by atoms with Gasteiger partial charge in [0.1, 0.15) is 29.5 Å². The van der Waals surface area contributed by atoms with E-state index in [1.54, 1.807) is 0 Å². The van der Waals surface area contributed by atoms with Crippen LogP contribution in [0.5, 0.6) is 0 Å². The van der Waals surface area contributed by atoms with Gasteiger partial charge in [-0.25, -0.2) is 0 Å². The molecule has 134 valence electrons. The standard InChI is InChI=1S/C18H24N4O3/c1-12-7-8-14(25-12)9-19-17(23)18(2)11-24-10-15-20-21-16(22(15)18)13-5-3-4-6-13/h7-8,13H,3-6,9-11H2,1-2H3,(H,19,23). The summed E-state index contributed by atoms with van der Waals surface area (Å²) >= 11 is 0. The van der Waals surface area contributed by atoms with Crippen LogP contribution in [0.3, 0.4) is 0 Å². The van der Waals surface area contributed by atoms with Crippen LogP contribution in [0, 0.1) is 6.92 Å². The van der Waals surface area contributed by atoms with Crippen molar-refractivity contribution < 1.29 is 13.9 Å². The van der Waals surface area contributed by atoms with Crippen LogP contribution in [0.15, 0.2) is 16.5 Å². The van der Waals surface area contributed by atoms with Crippen LogP contribution in [0.1, 0.15) is 61.7 Å². The average Bonchev–Trinajstić information content (AvgIpc) is 3.33. The summed E-state index contributed by atoms with van der Waals surface area (Å²) in [5.41, 5.74) is -0.837. The van der Waals surface area contributed by atoms with Crippen LogP contribution in [-0.4, -0.2) is 27.3 Å². The first-order valence-electron chi connectivity index (χ1n) is 8.94. The number of carbonyl (C=O) groups excluding carboxylic acids is 1. The number of aromatic nitrogens is 3. The van der Waals surface area contributed by atoms with Gasteiger partial charge in [0.15, 0.2) is 5.82 Å². The van der Waals surface area contributed by atoms with Crippen molar-refractivity contribution in [2.75, 3.05) is 6.61 Å². The lowest BCUT2D eigenvalue weighted by molar-refractivity contribution is -0.135. The van der Waals surface area contributed by atoms with Crippen LogP contribution < -0.4 is 5.32 Å². The van der Waals surface area contributed by atoms with Crippen LogP contribution in [0.4, 0.5) is 0 Å². The van der Waals surface area contributed by atoms with Crippen LogP contribution in [0.2, 0.25) is 0 Å². The summed E-state index contributed by atoms with van der Waals surface area (Å²) in [7, 11) is 0. The number of rotatable bonds is 4. The minimum Gasteiger partial charge on any atom is -0.465 e. The summed E-state index contributed by atoms with van der Waals surface area (Å²) in [6.07, 6.45) is 4.65. The Balaban J connectivity index is 1.59. The molecule has 1 saturated carbocycles. The Morgan fingerprint density at radius 3 is 2.88 bits per heavy atom. The van der Waals surface area contributed by atoms with E-state index in [-0.39, 0.29) is 5.91 Å². The quantitative estimate of drug-likeness (QED) is 0.921. The highest BCUT2D eigenvalue weighted by Crippen LogP contribution is 2.37. The Morgan fingerprint density at radius 1 is 1.36 bits per heavy atom. The minimum atomic E-state index is -0.837. The maximum Gasteiger partial charge on any atom is 0.248 e. The second-order valence-corrected chi connectivity index (χ2v) is 7.25. The largest absolute Gasteiger partial charge is 0.465 e. The van der Waals surface area contributed by atoms with Crippen molar-refractivity contribution in [1.82, 2.24) is 20.1 Å². The van der Waals surface area contributed by atoms with Crippen molar-refractivity contribution in [2.24, 2.45) is 0 Å². The second kappa shape index (κ2) is 6.29.